The van der Waals surface area contributed by atoms with Gasteiger partial charge in [0.15, 0.2) is 0 Å². The van der Waals surface area contributed by atoms with E-state index in [2.05, 4.69) is 4.98 Å². The molecular weight excluding hydrogens is 319 g/mol. The van der Waals surface area contributed by atoms with E-state index in [-0.39, 0.29) is 11.7 Å². The Labute approximate surface area is 145 Å². The number of H-pyrrole nitrogens is 1. The zero-order valence-corrected chi connectivity index (χ0v) is 13.8. The summed E-state index contributed by atoms with van der Waals surface area (Å²) in [4.78, 5) is 17.7. The number of carbonyl (C=O) groups is 1. The number of carbonyl (C=O) groups excluding carboxylic acids is 1. The van der Waals surface area contributed by atoms with E-state index in [1.54, 1.807) is 6.07 Å². The lowest BCUT2D eigenvalue weighted by atomic mass is 10.0. The number of nitrogens with zero attached hydrogens (tertiary/aromatic N) is 1. The first kappa shape index (κ1) is 15.7. The zero-order valence-electron chi connectivity index (χ0n) is 13.8. The van der Waals surface area contributed by atoms with Crippen molar-refractivity contribution in [1.82, 2.24) is 9.88 Å². The molecule has 0 bridgehead atoms. The van der Waals surface area contributed by atoms with Crippen LogP contribution in [-0.4, -0.2) is 28.9 Å². The highest BCUT2D eigenvalue weighted by molar-refractivity contribution is 5.86. The van der Waals surface area contributed by atoms with Crippen LogP contribution in [0.2, 0.25) is 0 Å². The summed E-state index contributed by atoms with van der Waals surface area (Å²) in [5.74, 6) is 0.574. The molecule has 5 heteroatoms. The lowest BCUT2D eigenvalue weighted by molar-refractivity contribution is -0.132. The second-order valence-corrected chi connectivity index (χ2v) is 6.25. The fraction of sp³-hybridized carbons (Fsp3) is 0.250. The average molecular weight is 338 g/mol. The fourth-order valence-electron chi connectivity index (χ4n) is 3.33. The summed E-state index contributed by atoms with van der Waals surface area (Å²) in [6.45, 7) is 1.55. The standard InChI is InChI=1S/C20H19FN2O2/c21-14-6-7-18-16(12-14)17-13-23(10-8-19(17)22-18)20(24)9-11-25-15-4-2-1-3-5-15/h1-7,12,22H,8-11,13H2. The molecule has 1 aromatic heterocycles. The van der Waals surface area contributed by atoms with Crippen molar-refractivity contribution in [1.29, 1.82) is 0 Å². The van der Waals surface area contributed by atoms with Crippen LogP contribution in [0.25, 0.3) is 10.9 Å². The molecule has 128 valence electrons. The number of rotatable bonds is 4. The Morgan fingerprint density at radius 2 is 2.04 bits per heavy atom. The number of amides is 1. The van der Waals surface area contributed by atoms with E-state index in [1.807, 2.05) is 35.2 Å². The molecule has 0 unspecified atom stereocenters. The van der Waals surface area contributed by atoms with Crippen molar-refractivity contribution in [2.45, 2.75) is 19.4 Å². The number of halogens is 1. The second kappa shape index (κ2) is 6.59. The maximum atomic E-state index is 13.6. The summed E-state index contributed by atoms with van der Waals surface area (Å²) >= 11 is 0. The van der Waals surface area contributed by atoms with Crippen LogP contribution in [-0.2, 0) is 17.8 Å². The number of ether oxygens (including phenoxy) is 1. The molecule has 1 amide bonds. The van der Waals surface area contributed by atoms with E-state index in [0.717, 1.165) is 34.3 Å². The molecule has 2 heterocycles. The van der Waals surface area contributed by atoms with Crippen molar-refractivity contribution in [2.24, 2.45) is 0 Å². The number of hydrogen-bond acceptors (Lipinski definition) is 2. The maximum absolute atomic E-state index is 13.6. The molecule has 2 aromatic carbocycles. The van der Waals surface area contributed by atoms with Crippen molar-refractivity contribution in [3.8, 4) is 5.75 Å². The molecule has 0 aliphatic carbocycles. The van der Waals surface area contributed by atoms with Crippen LogP contribution in [0.5, 0.6) is 5.75 Å². The minimum absolute atomic E-state index is 0.0623. The Bertz CT molecular complexity index is 905. The third kappa shape index (κ3) is 3.22. The number of benzene rings is 2. The molecular formula is C20H19FN2O2. The van der Waals surface area contributed by atoms with Gasteiger partial charge in [0, 0.05) is 41.7 Å². The molecule has 0 saturated heterocycles. The largest absolute Gasteiger partial charge is 0.493 e. The van der Waals surface area contributed by atoms with Gasteiger partial charge in [-0.1, -0.05) is 18.2 Å². The summed E-state index contributed by atoms with van der Waals surface area (Å²) in [7, 11) is 0. The highest BCUT2D eigenvalue weighted by atomic mass is 19.1. The van der Waals surface area contributed by atoms with Gasteiger partial charge >= 0.3 is 0 Å². The highest BCUT2D eigenvalue weighted by Crippen LogP contribution is 2.28. The summed E-state index contributed by atoms with van der Waals surface area (Å²) in [6.07, 6.45) is 1.10. The predicted octanol–water partition coefficient (Wildman–Crippen LogP) is 3.66. The Morgan fingerprint density at radius 1 is 1.20 bits per heavy atom. The summed E-state index contributed by atoms with van der Waals surface area (Å²) in [6, 6.07) is 14.2. The van der Waals surface area contributed by atoms with Gasteiger partial charge < -0.3 is 14.6 Å². The smallest absolute Gasteiger partial charge is 0.226 e. The molecule has 4 nitrogen and oxygen atoms in total. The summed E-state index contributed by atoms with van der Waals surface area (Å²) < 4.78 is 19.2. The van der Waals surface area contributed by atoms with Gasteiger partial charge in [0.1, 0.15) is 11.6 Å². The van der Waals surface area contributed by atoms with Crippen LogP contribution in [0.3, 0.4) is 0 Å². The van der Waals surface area contributed by atoms with E-state index in [1.165, 1.54) is 12.1 Å². The van der Waals surface area contributed by atoms with Gasteiger partial charge in [-0.2, -0.15) is 0 Å². The monoisotopic (exact) mass is 338 g/mol. The van der Waals surface area contributed by atoms with Crippen LogP contribution in [0, 0.1) is 5.82 Å². The van der Waals surface area contributed by atoms with Crippen molar-refractivity contribution in [3.63, 3.8) is 0 Å². The molecule has 25 heavy (non-hydrogen) atoms. The lowest BCUT2D eigenvalue weighted by Crippen LogP contribution is -2.36. The normalized spacial score (nSPS) is 13.7. The first-order valence-corrected chi connectivity index (χ1v) is 8.45. The minimum atomic E-state index is -0.256. The highest BCUT2D eigenvalue weighted by Gasteiger charge is 2.24. The van der Waals surface area contributed by atoms with Gasteiger partial charge in [-0.15, -0.1) is 0 Å². The SMILES string of the molecule is O=C(CCOc1ccccc1)N1CCc2[nH]c3ccc(F)cc3c2C1. The maximum Gasteiger partial charge on any atom is 0.226 e. The summed E-state index contributed by atoms with van der Waals surface area (Å²) in [5, 5.41) is 0.869. The molecule has 0 saturated carbocycles. The Hall–Kier alpha value is -2.82. The quantitative estimate of drug-likeness (QED) is 0.789. The van der Waals surface area contributed by atoms with Crippen LogP contribution >= 0.6 is 0 Å². The third-order valence-electron chi connectivity index (χ3n) is 4.62. The van der Waals surface area contributed by atoms with E-state index in [0.29, 0.717) is 26.1 Å². The fourth-order valence-corrected chi connectivity index (χ4v) is 3.33. The van der Waals surface area contributed by atoms with Gasteiger partial charge in [0.25, 0.3) is 0 Å². The molecule has 0 atom stereocenters. The number of hydrogen-bond donors (Lipinski definition) is 1. The third-order valence-corrected chi connectivity index (χ3v) is 4.62. The molecule has 0 spiro atoms. The van der Waals surface area contributed by atoms with Gasteiger partial charge in [-0.25, -0.2) is 4.39 Å². The van der Waals surface area contributed by atoms with Crippen LogP contribution in [0.1, 0.15) is 17.7 Å². The van der Waals surface area contributed by atoms with Crippen LogP contribution in [0.15, 0.2) is 48.5 Å². The number of para-hydroxylation sites is 1. The van der Waals surface area contributed by atoms with Gasteiger partial charge in [0.2, 0.25) is 5.91 Å². The zero-order chi connectivity index (χ0) is 17.2. The molecule has 1 aliphatic rings. The van der Waals surface area contributed by atoms with E-state index in [4.69, 9.17) is 4.74 Å². The van der Waals surface area contributed by atoms with Crippen LogP contribution < -0.4 is 4.74 Å². The Kier molecular flexibility index (Phi) is 4.14. The molecule has 0 radical (unpaired) electrons. The first-order chi connectivity index (χ1) is 12.2. The first-order valence-electron chi connectivity index (χ1n) is 8.45. The number of nitrogens with one attached hydrogen (secondary N) is 1. The summed E-state index contributed by atoms with van der Waals surface area (Å²) in [5.41, 5.74) is 3.05. The van der Waals surface area contributed by atoms with E-state index >= 15 is 0 Å². The molecule has 0 fully saturated rings. The van der Waals surface area contributed by atoms with Crippen molar-refractivity contribution < 1.29 is 13.9 Å². The van der Waals surface area contributed by atoms with Gasteiger partial charge in [0.05, 0.1) is 13.0 Å². The number of aromatic nitrogens is 1. The Morgan fingerprint density at radius 3 is 2.88 bits per heavy atom. The van der Waals surface area contributed by atoms with Crippen molar-refractivity contribution >= 4 is 16.8 Å². The van der Waals surface area contributed by atoms with Gasteiger partial charge in [-0.3, -0.25) is 4.79 Å². The predicted molar refractivity (Wildman–Crippen MR) is 93.9 cm³/mol. The lowest BCUT2D eigenvalue weighted by Gasteiger charge is -2.27. The molecule has 1 N–H and O–H groups in total. The minimum Gasteiger partial charge on any atom is -0.493 e. The van der Waals surface area contributed by atoms with E-state index < -0.39 is 0 Å². The van der Waals surface area contributed by atoms with Gasteiger partial charge in [-0.05, 0) is 30.3 Å². The number of fused-ring (bicyclic) bond motifs is 3. The van der Waals surface area contributed by atoms with Crippen LogP contribution in [0.4, 0.5) is 4.39 Å². The van der Waals surface area contributed by atoms with Crippen molar-refractivity contribution in [3.05, 3.63) is 65.6 Å². The topological polar surface area (TPSA) is 45.3 Å². The van der Waals surface area contributed by atoms with E-state index in [9.17, 15) is 9.18 Å². The second-order valence-electron chi connectivity index (χ2n) is 6.25. The molecule has 3 aromatic rings. The van der Waals surface area contributed by atoms with Crippen molar-refractivity contribution in [2.75, 3.05) is 13.2 Å². The number of aromatic amines is 1. The molecule has 1 aliphatic heterocycles. The average Bonchev–Trinajstić information content (AvgIpc) is 2.99. The molecule has 4 rings (SSSR count). The Balaban J connectivity index is 1.42.